The highest BCUT2D eigenvalue weighted by Gasteiger charge is 2.32. The monoisotopic (exact) mass is 420 g/mol. The summed E-state index contributed by atoms with van der Waals surface area (Å²) in [4.78, 5) is 38.9. The third-order valence-electron chi connectivity index (χ3n) is 5.24. The van der Waals surface area contributed by atoms with Gasteiger partial charge in [0.2, 0.25) is 11.8 Å². The van der Waals surface area contributed by atoms with Crippen LogP contribution in [0.5, 0.6) is 5.75 Å². The molecule has 1 aliphatic rings. The molecule has 1 saturated heterocycles. The van der Waals surface area contributed by atoms with E-state index in [9.17, 15) is 19.6 Å². The number of aromatic nitrogens is 3. The van der Waals surface area contributed by atoms with Gasteiger partial charge in [-0.05, 0) is 25.0 Å². The van der Waals surface area contributed by atoms with Crippen molar-refractivity contribution in [2.75, 3.05) is 11.9 Å². The second-order valence-corrected chi connectivity index (χ2v) is 7.34. The van der Waals surface area contributed by atoms with Gasteiger partial charge in [0.1, 0.15) is 23.2 Å². The molecule has 1 aromatic carbocycles. The Morgan fingerprint density at radius 1 is 1.42 bits per heavy atom. The SMILES string of the molecule is Cc1c[nH]c(NC(=O)COc2cccc3c(C4CCC(=O)NC4=O)nn(C)c23)c1C#N. The molecule has 3 amide bonds. The number of nitriles is 1. The first-order valence-electron chi connectivity index (χ1n) is 9.69. The number of fused-ring (bicyclic) bond motifs is 1. The van der Waals surface area contributed by atoms with Crippen LogP contribution in [-0.4, -0.2) is 39.1 Å². The van der Waals surface area contributed by atoms with Crippen LogP contribution in [0.2, 0.25) is 0 Å². The minimum absolute atomic E-state index is 0.258. The Balaban J connectivity index is 1.54. The van der Waals surface area contributed by atoms with E-state index >= 15 is 0 Å². The van der Waals surface area contributed by atoms with Gasteiger partial charge in [-0.3, -0.25) is 24.4 Å². The van der Waals surface area contributed by atoms with Crippen LogP contribution in [0.1, 0.15) is 35.6 Å². The predicted molar refractivity (Wildman–Crippen MR) is 110 cm³/mol. The molecule has 0 aliphatic carbocycles. The van der Waals surface area contributed by atoms with Gasteiger partial charge in [-0.25, -0.2) is 0 Å². The average molecular weight is 420 g/mol. The van der Waals surface area contributed by atoms with Crippen molar-refractivity contribution < 1.29 is 19.1 Å². The quantitative estimate of drug-likeness (QED) is 0.536. The molecule has 10 heteroatoms. The number of carbonyl (C=O) groups excluding carboxylic acids is 3. The van der Waals surface area contributed by atoms with Crippen LogP contribution in [0.4, 0.5) is 5.82 Å². The van der Waals surface area contributed by atoms with Gasteiger partial charge in [0, 0.05) is 25.1 Å². The summed E-state index contributed by atoms with van der Waals surface area (Å²) in [7, 11) is 1.73. The highest BCUT2D eigenvalue weighted by Crippen LogP contribution is 2.34. The van der Waals surface area contributed by atoms with Gasteiger partial charge in [-0.15, -0.1) is 0 Å². The maximum absolute atomic E-state index is 12.3. The molecule has 1 aliphatic heterocycles. The first-order chi connectivity index (χ1) is 14.9. The topological polar surface area (TPSA) is 142 Å². The van der Waals surface area contributed by atoms with Crippen LogP contribution in [-0.2, 0) is 21.4 Å². The smallest absolute Gasteiger partial charge is 0.263 e. The number of ether oxygens (including phenoxy) is 1. The number of aromatic amines is 1. The van der Waals surface area contributed by atoms with E-state index in [1.165, 1.54) is 0 Å². The summed E-state index contributed by atoms with van der Waals surface area (Å²) in [5.41, 5.74) is 2.32. The van der Waals surface area contributed by atoms with Gasteiger partial charge in [0.15, 0.2) is 6.61 Å². The Bertz CT molecular complexity index is 1250. The number of H-pyrrole nitrogens is 1. The van der Waals surface area contributed by atoms with Crippen LogP contribution in [0.3, 0.4) is 0 Å². The summed E-state index contributed by atoms with van der Waals surface area (Å²) in [5, 5.41) is 19.4. The largest absolute Gasteiger partial charge is 0.481 e. The summed E-state index contributed by atoms with van der Waals surface area (Å²) in [6, 6.07) is 7.34. The second-order valence-electron chi connectivity index (χ2n) is 7.34. The Kier molecular flexibility index (Phi) is 5.17. The Hall–Kier alpha value is -4.13. The fraction of sp³-hybridized carbons (Fsp3) is 0.286. The van der Waals surface area contributed by atoms with Crippen LogP contribution < -0.4 is 15.4 Å². The number of benzene rings is 1. The number of piperidine rings is 1. The molecular weight excluding hydrogens is 400 g/mol. The first kappa shape index (κ1) is 20.2. The van der Waals surface area contributed by atoms with E-state index in [0.717, 1.165) is 10.9 Å². The van der Waals surface area contributed by atoms with Gasteiger partial charge in [-0.1, -0.05) is 12.1 Å². The molecule has 0 spiro atoms. The number of amides is 3. The van der Waals surface area contributed by atoms with E-state index in [4.69, 9.17) is 4.74 Å². The van der Waals surface area contributed by atoms with Gasteiger partial charge < -0.3 is 15.0 Å². The molecule has 0 bridgehead atoms. The van der Waals surface area contributed by atoms with Gasteiger partial charge in [-0.2, -0.15) is 10.4 Å². The van der Waals surface area contributed by atoms with Crippen LogP contribution in [0.15, 0.2) is 24.4 Å². The predicted octanol–water partition coefficient (Wildman–Crippen LogP) is 1.62. The lowest BCUT2D eigenvalue weighted by molar-refractivity contribution is -0.134. The summed E-state index contributed by atoms with van der Waals surface area (Å²) in [6.45, 7) is 1.49. The lowest BCUT2D eigenvalue weighted by Crippen LogP contribution is -2.39. The highest BCUT2D eigenvalue weighted by atomic mass is 16.5. The first-order valence-corrected chi connectivity index (χ1v) is 9.69. The van der Waals surface area contributed by atoms with Gasteiger partial charge >= 0.3 is 0 Å². The zero-order valence-corrected chi connectivity index (χ0v) is 17.0. The molecule has 2 aromatic heterocycles. The van der Waals surface area contributed by atoms with Crippen LogP contribution in [0, 0.1) is 18.3 Å². The minimum atomic E-state index is -0.527. The van der Waals surface area contributed by atoms with Crippen molar-refractivity contribution in [1.82, 2.24) is 20.1 Å². The number of carbonyl (C=O) groups is 3. The molecular formula is C21H20N6O4. The fourth-order valence-electron chi connectivity index (χ4n) is 3.74. The van der Waals surface area contributed by atoms with Crippen molar-refractivity contribution in [3.8, 4) is 11.8 Å². The number of anilines is 1. The van der Waals surface area contributed by atoms with Gasteiger partial charge in [0.25, 0.3) is 5.91 Å². The molecule has 1 atom stereocenters. The highest BCUT2D eigenvalue weighted by molar-refractivity contribution is 6.03. The summed E-state index contributed by atoms with van der Waals surface area (Å²) in [5.74, 6) is -0.843. The number of rotatable bonds is 5. The van der Waals surface area contributed by atoms with Crippen molar-refractivity contribution in [2.24, 2.45) is 7.05 Å². The van der Waals surface area contributed by atoms with E-state index < -0.39 is 11.8 Å². The molecule has 3 aromatic rings. The zero-order valence-electron chi connectivity index (χ0n) is 17.0. The summed E-state index contributed by atoms with van der Waals surface area (Å²) < 4.78 is 7.34. The third kappa shape index (κ3) is 3.73. The molecule has 0 saturated carbocycles. The van der Waals surface area contributed by atoms with Crippen molar-refractivity contribution in [3.63, 3.8) is 0 Å². The Morgan fingerprint density at radius 2 is 2.23 bits per heavy atom. The Labute approximate surface area is 177 Å². The van der Waals surface area contributed by atoms with Crippen molar-refractivity contribution in [3.05, 3.63) is 41.2 Å². The zero-order chi connectivity index (χ0) is 22.1. The third-order valence-corrected chi connectivity index (χ3v) is 5.24. The molecule has 31 heavy (non-hydrogen) atoms. The molecule has 1 fully saturated rings. The normalized spacial score (nSPS) is 16.1. The summed E-state index contributed by atoms with van der Waals surface area (Å²) in [6.07, 6.45) is 2.29. The minimum Gasteiger partial charge on any atom is -0.481 e. The van der Waals surface area contributed by atoms with Crippen molar-refractivity contribution in [1.29, 1.82) is 5.26 Å². The second kappa shape index (κ2) is 7.95. The molecule has 0 radical (unpaired) electrons. The number of hydrogen-bond donors (Lipinski definition) is 3. The van der Waals surface area contributed by atoms with E-state index in [1.807, 2.05) is 12.1 Å². The van der Waals surface area contributed by atoms with E-state index in [1.54, 1.807) is 37.0 Å². The number of aryl methyl sites for hydroxylation is 2. The lowest BCUT2D eigenvalue weighted by atomic mass is 9.93. The maximum Gasteiger partial charge on any atom is 0.263 e. The number of nitrogens with zero attached hydrogens (tertiary/aromatic N) is 3. The average Bonchev–Trinajstić information content (AvgIpc) is 3.26. The van der Waals surface area contributed by atoms with Crippen molar-refractivity contribution in [2.45, 2.75) is 25.7 Å². The molecule has 158 valence electrons. The van der Waals surface area contributed by atoms with Gasteiger partial charge in [0.05, 0.1) is 17.2 Å². The molecule has 3 heterocycles. The standard InChI is InChI=1S/C21H20N6O4/c1-11-9-23-20(14(11)8-22)24-17(29)10-31-15-5-3-4-12-18(26-27(2)19(12)15)13-6-7-16(28)25-21(13)30/h3-5,9,13,23H,6-7,10H2,1-2H3,(H,24,29)(H,25,28,30). The van der Waals surface area contributed by atoms with E-state index in [0.29, 0.717) is 34.8 Å². The number of para-hydroxylation sites is 1. The van der Waals surface area contributed by atoms with E-state index in [-0.39, 0.29) is 24.8 Å². The van der Waals surface area contributed by atoms with Crippen LogP contribution in [0.25, 0.3) is 10.9 Å². The lowest BCUT2D eigenvalue weighted by Gasteiger charge is -2.19. The fourth-order valence-corrected chi connectivity index (χ4v) is 3.74. The summed E-state index contributed by atoms with van der Waals surface area (Å²) >= 11 is 0. The molecule has 4 rings (SSSR count). The van der Waals surface area contributed by atoms with Crippen molar-refractivity contribution >= 4 is 34.4 Å². The molecule has 1 unspecified atom stereocenters. The number of nitrogens with one attached hydrogen (secondary N) is 3. The maximum atomic E-state index is 12.3. The van der Waals surface area contributed by atoms with Crippen LogP contribution >= 0.6 is 0 Å². The Morgan fingerprint density at radius 3 is 2.97 bits per heavy atom. The van der Waals surface area contributed by atoms with E-state index in [2.05, 4.69) is 20.7 Å². The molecule has 10 nitrogen and oxygen atoms in total. The number of hydrogen-bond acceptors (Lipinski definition) is 6. The number of imide groups is 1. The molecule has 3 N–H and O–H groups in total.